The largest absolute Gasteiger partial charge is 0.376 e. The summed E-state index contributed by atoms with van der Waals surface area (Å²) in [6, 6.07) is 0. The monoisotopic (exact) mass is 339 g/mol. The summed E-state index contributed by atoms with van der Waals surface area (Å²) < 4.78 is 5.61. The van der Waals surface area contributed by atoms with Crippen LogP contribution < -0.4 is 5.32 Å². The van der Waals surface area contributed by atoms with E-state index in [4.69, 9.17) is 4.74 Å². The van der Waals surface area contributed by atoms with E-state index in [9.17, 15) is 9.59 Å². The van der Waals surface area contributed by atoms with Crippen molar-refractivity contribution < 1.29 is 14.3 Å². The van der Waals surface area contributed by atoms with E-state index in [-0.39, 0.29) is 30.4 Å². The number of aromatic nitrogens is 1. The molecule has 1 aliphatic rings. The summed E-state index contributed by atoms with van der Waals surface area (Å²) in [7, 11) is 0. The Labute approximate surface area is 141 Å². The minimum Gasteiger partial charge on any atom is -0.376 e. The van der Waals surface area contributed by atoms with Crippen LogP contribution in [-0.4, -0.2) is 47.5 Å². The van der Waals surface area contributed by atoms with E-state index in [1.54, 1.807) is 4.90 Å². The number of carbonyl (C=O) groups excluding carboxylic acids is 2. The average Bonchev–Trinajstić information content (AvgIpc) is 3.09. The molecule has 1 unspecified atom stereocenters. The Morgan fingerprint density at radius 1 is 1.52 bits per heavy atom. The number of carbonyl (C=O) groups is 2. The first-order chi connectivity index (χ1) is 10.9. The van der Waals surface area contributed by atoms with Crippen molar-refractivity contribution in [3.8, 4) is 0 Å². The highest BCUT2D eigenvalue weighted by Gasteiger charge is 2.24. The second kappa shape index (κ2) is 8.40. The van der Waals surface area contributed by atoms with Gasteiger partial charge in [0.15, 0.2) is 5.13 Å². The number of anilines is 1. The summed E-state index contributed by atoms with van der Waals surface area (Å²) >= 11 is 1.39. The highest BCUT2D eigenvalue weighted by Crippen LogP contribution is 2.16. The zero-order chi connectivity index (χ0) is 16.8. The number of hydrogen-bond donors (Lipinski definition) is 1. The van der Waals surface area contributed by atoms with Gasteiger partial charge in [-0.15, -0.1) is 11.3 Å². The lowest BCUT2D eigenvalue weighted by molar-refractivity contribution is -0.136. The van der Waals surface area contributed by atoms with Crippen molar-refractivity contribution in [2.24, 2.45) is 5.92 Å². The lowest BCUT2D eigenvalue weighted by atomic mass is 10.1. The van der Waals surface area contributed by atoms with E-state index in [0.717, 1.165) is 25.1 Å². The van der Waals surface area contributed by atoms with Gasteiger partial charge in [-0.2, -0.15) is 0 Å². The first-order valence-corrected chi connectivity index (χ1v) is 8.93. The van der Waals surface area contributed by atoms with Gasteiger partial charge in [0.25, 0.3) is 0 Å². The molecule has 2 rings (SSSR count). The topological polar surface area (TPSA) is 71.5 Å². The molecule has 1 atom stereocenters. The molecule has 23 heavy (non-hydrogen) atoms. The first kappa shape index (κ1) is 17.9. The van der Waals surface area contributed by atoms with E-state index in [1.807, 2.05) is 26.2 Å². The third kappa shape index (κ3) is 5.91. The molecule has 0 saturated carbocycles. The van der Waals surface area contributed by atoms with Crippen LogP contribution in [0.3, 0.4) is 0 Å². The lowest BCUT2D eigenvalue weighted by Gasteiger charge is -2.25. The Bertz CT molecular complexity index is 538. The van der Waals surface area contributed by atoms with Crippen molar-refractivity contribution in [1.82, 2.24) is 9.88 Å². The molecule has 0 spiro atoms. The SMILES string of the molecule is Cc1csc(NC(=O)CN(CC2CCCO2)C(=O)CC(C)C)n1. The molecule has 1 fully saturated rings. The van der Waals surface area contributed by atoms with E-state index in [0.29, 0.717) is 18.1 Å². The molecular formula is C16H25N3O3S. The molecule has 0 aliphatic carbocycles. The maximum atomic E-state index is 12.4. The number of aryl methyl sites for hydroxylation is 1. The minimum atomic E-state index is -0.213. The fourth-order valence-corrected chi connectivity index (χ4v) is 3.21. The second-order valence-electron chi connectivity index (χ2n) is 6.35. The number of nitrogens with one attached hydrogen (secondary N) is 1. The summed E-state index contributed by atoms with van der Waals surface area (Å²) in [6.07, 6.45) is 2.44. The summed E-state index contributed by atoms with van der Waals surface area (Å²) in [5.74, 6) is 0.0505. The molecule has 1 saturated heterocycles. The fraction of sp³-hybridized carbons (Fsp3) is 0.688. The average molecular weight is 339 g/mol. The lowest BCUT2D eigenvalue weighted by Crippen LogP contribution is -2.42. The van der Waals surface area contributed by atoms with Gasteiger partial charge in [0.05, 0.1) is 11.8 Å². The van der Waals surface area contributed by atoms with Gasteiger partial charge in [-0.05, 0) is 25.7 Å². The van der Waals surface area contributed by atoms with Crippen molar-refractivity contribution in [2.45, 2.75) is 46.1 Å². The molecule has 0 bridgehead atoms. The van der Waals surface area contributed by atoms with Crippen molar-refractivity contribution in [3.05, 3.63) is 11.1 Å². The number of nitrogens with zero attached hydrogens (tertiary/aromatic N) is 2. The van der Waals surface area contributed by atoms with Crippen molar-refractivity contribution >= 4 is 28.3 Å². The van der Waals surface area contributed by atoms with Gasteiger partial charge in [-0.3, -0.25) is 9.59 Å². The Hall–Kier alpha value is -1.47. The highest BCUT2D eigenvalue weighted by atomic mass is 32.1. The van der Waals surface area contributed by atoms with E-state index >= 15 is 0 Å². The molecule has 0 radical (unpaired) electrons. The molecule has 2 amide bonds. The zero-order valence-corrected chi connectivity index (χ0v) is 14.8. The molecule has 2 heterocycles. The number of hydrogen-bond acceptors (Lipinski definition) is 5. The molecule has 1 N–H and O–H groups in total. The number of thiazole rings is 1. The maximum Gasteiger partial charge on any atom is 0.245 e. The number of rotatable bonds is 7. The van der Waals surface area contributed by atoms with Gasteiger partial charge in [-0.1, -0.05) is 13.8 Å². The van der Waals surface area contributed by atoms with Crippen LogP contribution in [0.5, 0.6) is 0 Å². The van der Waals surface area contributed by atoms with Crippen LogP contribution in [0, 0.1) is 12.8 Å². The van der Waals surface area contributed by atoms with Gasteiger partial charge in [0, 0.05) is 25.0 Å². The van der Waals surface area contributed by atoms with Gasteiger partial charge in [0.2, 0.25) is 11.8 Å². The standard InChI is InChI=1S/C16H25N3O3S/c1-11(2)7-15(21)19(8-13-5-4-6-22-13)9-14(20)18-16-17-12(3)10-23-16/h10-11,13H,4-9H2,1-3H3,(H,17,18,20). The normalized spacial score (nSPS) is 17.5. The third-order valence-corrected chi connectivity index (χ3v) is 4.46. The quantitative estimate of drug-likeness (QED) is 0.828. The molecule has 1 aromatic heterocycles. The predicted octanol–water partition coefficient (Wildman–Crippen LogP) is 2.44. The van der Waals surface area contributed by atoms with Crippen LogP contribution in [0.1, 0.15) is 38.8 Å². The van der Waals surface area contributed by atoms with Crippen LogP contribution in [0.2, 0.25) is 0 Å². The van der Waals surface area contributed by atoms with Gasteiger partial charge < -0.3 is 15.0 Å². The Balaban J connectivity index is 1.94. The number of ether oxygens (including phenoxy) is 1. The van der Waals surface area contributed by atoms with E-state index in [1.165, 1.54) is 11.3 Å². The van der Waals surface area contributed by atoms with Crippen molar-refractivity contribution in [2.75, 3.05) is 25.0 Å². The van der Waals surface area contributed by atoms with Gasteiger partial charge in [0.1, 0.15) is 6.54 Å². The molecule has 1 aliphatic heterocycles. The van der Waals surface area contributed by atoms with Crippen LogP contribution >= 0.6 is 11.3 Å². The summed E-state index contributed by atoms with van der Waals surface area (Å²) in [5.41, 5.74) is 0.873. The van der Waals surface area contributed by atoms with Crippen molar-refractivity contribution in [1.29, 1.82) is 0 Å². The Morgan fingerprint density at radius 3 is 2.87 bits per heavy atom. The smallest absolute Gasteiger partial charge is 0.245 e. The second-order valence-corrected chi connectivity index (χ2v) is 7.21. The van der Waals surface area contributed by atoms with Crippen LogP contribution in [0.25, 0.3) is 0 Å². The molecule has 1 aromatic rings. The maximum absolute atomic E-state index is 12.4. The summed E-state index contributed by atoms with van der Waals surface area (Å²) in [5, 5.41) is 5.21. The van der Waals surface area contributed by atoms with Crippen LogP contribution in [-0.2, 0) is 14.3 Å². The highest BCUT2D eigenvalue weighted by molar-refractivity contribution is 7.13. The molecule has 6 nitrogen and oxygen atoms in total. The fourth-order valence-electron chi connectivity index (χ4n) is 2.51. The van der Waals surface area contributed by atoms with Crippen LogP contribution in [0.15, 0.2) is 5.38 Å². The molecule has 7 heteroatoms. The Kier molecular flexibility index (Phi) is 6.53. The summed E-state index contributed by atoms with van der Waals surface area (Å²) in [4.78, 5) is 30.5. The van der Waals surface area contributed by atoms with E-state index in [2.05, 4.69) is 10.3 Å². The number of amides is 2. The van der Waals surface area contributed by atoms with Crippen LogP contribution in [0.4, 0.5) is 5.13 Å². The molecule has 128 valence electrons. The third-order valence-electron chi connectivity index (χ3n) is 3.58. The minimum absolute atomic E-state index is 0.000898. The zero-order valence-electron chi connectivity index (χ0n) is 14.0. The van der Waals surface area contributed by atoms with E-state index < -0.39 is 0 Å². The molecular weight excluding hydrogens is 314 g/mol. The first-order valence-electron chi connectivity index (χ1n) is 8.05. The molecule has 0 aromatic carbocycles. The van der Waals surface area contributed by atoms with Gasteiger partial charge >= 0.3 is 0 Å². The Morgan fingerprint density at radius 2 is 2.30 bits per heavy atom. The van der Waals surface area contributed by atoms with Crippen molar-refractivity contribution in [3.63, 3.8) is 0 Å². The summed E-state index contributed by atoms with van der Waals surface area (Å²) in [6.45, 7) is 7.14. The predicted molar refractivity (Wildman–Crippen MR) is 90.5 cm³/mol. The van der Waals surface area contributed by atoms with Gasteiger partial charge in [-0.25, -0.2) is 4.98 Å².